The van der Waals surface area contributed by atoms with Gasteiger partial charge in [0.2, 0.25) is 5.95 Å². The van der Waals surface area contributed by atoms with Gasteiger partial charge in [0.15, 0.2) is 0 Å². The van der Waals surface area contributed by atoms with Gasteiger partial charge in [-0.1, -0.05) is 0 Å². The smallest absolute Gasteiger partial charge is 0.371 e. The molecule has 1 aliphatic heterocycles. The number of rotatable bonds is 3. The Morgan fingerprint density at radius 1 is 1.12 bits per heavy atom. The van der Waals surface area contributed by atoms with Crippen molar-refractivity contribution in [1.29, 1.82) is 0 Å². The molecule has 0 amide bonds. The second kappa shape index (κ2) is 6.85. The van der Waals surface area contributed by atoms with Crippen LogP contribution in [-0.4, -0.2) is 41.1 Å². The summed E-state index contributed by atoms with van der Waals surface area (Å²) < 4.78 is 38.5. The molecular weight excluding hydrogens is 331 g/mol. The number of aromatic nitrogens is 3. The number of halogens is 3. The van der Waals surface area contributed by atoms with Crippen LogP contribution in [0.5, 0.6) is 0 Å². The Labute approximate surface area is 144 Å². The topological polar surface area (TPSA) is 45.2 Å². The van der Waals surface area contributed by atoms with Crippen molar-refractivity contribution in [1.82, 2.24) is 15.0 Å². The molecule has 0 unspecified atom stereocenters. The molecule has 2 aromatic heterocycles. The maximum absolute atomic E-state index is 12.8. The van der Waals surface area contributed by atoms with Gasteiger partial charge in [0.25, 0.3) is 0 Å². The Hall–Kier alpha value is -2.38. The van der Waals surface area contributed by atoms with E-state index in [4.69, 9.17) is 0 Å². The Morgan fingerprint density at radius 2 is 1.76 bits per heavy atom. The lowest BCUT2D eigenvalue weighted by Gasteiger charge is -2.37. The fourth-order valence-corrected chi connectivity index (χ4v) is 3.01. The third kappa shape index (κ3) is 4.00. The third-order valence-electron chi connectivity index (χ3n) is 4.49. The zero-order valence-corrected chi connectivity index (χ0v) is 14.2. The molecule has 0 atom stereocenters. The molecule has 0 saturated carbocycles. The molecule has 0 aliphatic carbocycles. The predicted molar refractivity (Wildman–Crippen MR) is 89.6 cm³/mol. The van der Waals surface area contributed by atoms with Gasteiger partial charge >= 0.3 is 6.18 Å². The summed E-state index contributed by atoms with van der Waals surface area (Å²) in [5, 5.41) is 0. The van der Waals surface area contributed by atoms with Crippen LogP contribution < -0.4 is 9.80 Å². The van der Waals surface area contributed by atoms with Crippen molar-refractivity contribution in [3.8, 4) is 0 Å². The highest BCUT2D eigenvalue weighted by Crippen LogP contribution is 2.31. The van der Waals surface area contributed by atoms with Crippen molar-refractivity contribution in [2.24, 2.45) is 0 Å². The SMILES string of the molecule is Cc1cnc(N(C)C2CCN(c3ccnc(C(F)(F)F)c3)CC2)nc1. The van der Waals surface area contributed by atoms with Crippen LogP contribution in [0.1, 0.15) is 24.1 Å². The highest BCUT2D eigenvalue weighted by molar-refractivity contribution is 5.48. The molecule has 1 saturated heterocycles. The molecule has 1 fully saturated rings. The molecule has 0 spiro atoms. The Balaban J connectivity index is 1.65. The normalized spacial score (nSPS) is 16.1. The lowest BCUT2D eigenvalue weighted by molar-refractivity contribution is -0.141. The minimum absolute atomic E-state index is 0.267. The first-order valence-electron chi connectivity index (χ1n) is 8.14. The van der Waals surface area contributed by atoms with E-state index >= 15 is 0 Å². The van der Waals surface area contributed by atoms with E-state index in [-0.39, 0.29) is 6.04 Å². The quantitative estimate of drug-likeness (QED) is 0.849. The molecule has 2 aromatic rings. The van der Waals surface area contributed by atoms with Crippen LogP contribution in [0.3, 0.4) is 0 Å². The molecule has 3 rings (SSSR count). The predicted octanol–water partition coefficient (Wildman–Crippen LogP) is 3.30. The molecule has 3 heterocycles. The molecule has 0 radical (unpaired) electrons. The van der Waals surface area contributed by atoms with Crippen molar-refractivity contribution in [2.45, 2.75) is 32.0 Å². The summed E-state index contributed by atoms with van der Waals surface area (Å²) in [5.41, 5.74) is 0.720. The molecule has 134 valence electrons. The number of hydrogen-bond donors (Lipinski definition) is 0. The molecule has 5 nitrogen and oxygen atoms in total. The van der Waals surface area contributed by atoms with E-state index in [1.54, 1.807) is 18.5 Å². The maximum atomic E-state index is 12.8. The first-order chi connectivity index (χ1) is 11.8. The maximum Gasteiger partial charge on any atom is 0.433 e. The third-order valence-corrected chi connectivity index (χ3v) is 4.49. The van der Waals surface area contributed by atoms with Gasteiger partial charge in [0, 0.05) is 50.5 Å². The lowest BCUT2D eigenvalue weighted by atomic mass is 10.0. The van der Waals surface area contributed by atoms with Crippen LogP contribution >= 0.6 is 0 Å². The van der Waals surface area contributed by atoms with E-state index in [2.05, 4.69) is 15.0 Å². The van der Waals surface area contributed by atoms with Crippen LogP contribution in [0, 0.1) is 6.92 Å². The van der Waals surface area contributed by atoms with Crippen molar-refractivity contribution in [2.75, 3.05) is 29.9 Å². The molecule has 8 heteroatoms. The average Bonchev–Trinajstić information content (AvgIpc) is 2.61. The summed E-state index contributed by atoms with van der Waals surface area (Å²) in [6.07, 6.45) is 2.02. The Bertz CT molecular complexity index is 709. The summed E-state index contributed by atoms with van der Waals surface area (Å²) in [6, 6.07) is 3.01. The Morgan fingerprint density at radius 3 is 2.36 bits per heavy atom. The van der Waals surface area contributed by atoms with Crippen LogP contribution in [0.15, 0.2) is 30.7 Å². The standard InChI is InChI=1S/C17H20F3N5/c1-12-10-22-16(23-11-12)24(2)13-4-7-25(8-5-13)14-3-6-21-15(9-14)17(18,19)20/h3,6,9-11,13H,4-5,7-8H2,1-2H3. The first-order valence-corrected chi connectivity index (χ1v) is 8.14. The molecule has 25 heavy (non-hydrogen) atoms. The number of alkyl halides is 3. The minimum atomic E-state index is -4.42. The fourth-order valence-electron chi connectivity index (χ4n) is 3.01. The summed E-state index contributed by atoms with van der Waals surface area (Å²) >= 11 is 0. The van der Waals surface area contributed by atoms with Crippen LogP contribution in [0.2, 0.25) is 0 Å². The number of hydrogen-bond acceptors (Lipinski definition) is 5. The summed E-state index contributed by atoms with van der Waals surface area (Å²) in [7, 11) is 1.96. The van der Waals surface area contributed by atoms with Gasteiger partial charge in [-0.05, 0) is 37.5 Å². The summed E-state index contributed by atoms with van der Waals surface area (Å²) in [6.45, 7) is 3.30. The summed E-state index contributed by atoms with van der Waals surface area (Å²) in [5.74, 6) is 0.673. The largest absolute Gasteiger partial charge is 0.433 e. The average molecular weight is 351 g/mol. The molecular formula is C17H20F3N5. The molecule has 1 aliphatic rings. The highest BCUT2D eigenvalue weighted by Gasteiger charge is 2.33. The van der Waals surface area contributed by atoms with Gasteiger partial charge in [0.1, 0.15) is 5.69 Å². The van der Waals surface area contributed by atoms with Crippen molar-refractivity contribution in [3.05, 3.63) is 42.0 Å². The van der Waals surface area contributed by atoms with Crippen LogP contribution in [0.25, 0.3) is 0 Å². The zero-order valence-electron chi connectivity index (χ0n) is 14.2. The van der Waals surface area contributed by atoms with E-state index in [1.165, 1.54) is 6.20 Å². The number of piperidine rings is 1. The second-order valence-electron chi connectivity index (χ2n) is 6.29. The van der Waals surface area contributed by atoms with E-state index in [9.17, 15) is 13.2 Å². The number of aryl methyl sites for hydroxylation is 1. The van der Waals surface area contributed by atoms with Gasteiger partial charge in [0.05, 0.1) is 0 Å². The van der Waals surface area contributed by atoms with E-state index in [0.29, 0.717) is 24.7 Å². The van der Waals surface area contributed by atoms with Crippen LogP contribution in [0.4, 0.5) is 24.8 Å². The van der Waals surface area contributed by atoms with Gasteiger partial charge in [-0.15, -0.1) is 0 Å². The van der Waals surface area contributed by atoms with Gasteiger partial charge in [-0.3, -0.25) is 4.98 Å². The fraction of sp³-hybridized carbons (Fsp3) is 0.471. The second-order valence-corrected chi connectivity index (χ2v) is 6.29. The van der Waals surface area contributed by atoms with E-state index < -0.39 is 11.9 Å². The van der Waals surface area contributed by atoms with Gasteiger partial charge < -0.3 is 9.80 Å². The first kappa shape index (κ1) is 17.4. The zero-order chi connectivity index (χ0) is 18.0. The lowest BCUT2D eigenvalue weighted by Crippen LogP contribution is -2.44. The number of pyridine rings is 1. The monoisotopic (exact) mass is 351 g/mol. The number of nitrogens with zero attached hydrogens (tertiary/aromatic N) is 5. The van der Waals surface area contributed by atoms with E-state index in [0.717, 1.165) is 24.5 Å². The molecule has 0 N–H and O–H groups in total. The Kier molecular flexibility index (Phi) is 4.78. The van der Waals surface area contributed by atoms with Crippen molar-refractivity contribution in [3.63, 3.8) is 0 Å². The van der Waals surface area contributed by atoms with Gasteiger partial charge in [-0.25, -0.2) is 9.97 Å². The molecule has 0 aromatic carbocycles. The van der Waals surface area contributed by atoms with Crippen LogP contribution in [-0.2, 0) is 6.18 Å². The summed E-state index contributed by atoms with van der Waals surface area (Å²) in [4.78, 5) is 16.1. The van der Waals surface area contributed by atoms with E-state index in [1.807, 2.05) is 23.8 Å². The van der Waals surface area contributed by atoms with Crippen molar-refractivity contribution < 1.29 is 13.2 Å². The van der Waals surface area contributed by atoms with Gasteiger partial charge in [-0.2, -0.15) is 13.2 Å². The highest BCUT2D eigenvalue weighted by atomic mass is 19.4. The minimum Gasteiger partial charge on any atom is -0.371 e. The number of anilines is 2. The molecule has 0 bridgehead atoms. The van der Waals surface area contributed by atoms with Crippen molar-refractivity contribution >= 4 is 11.6 Å².